The Morgan fingerprint density at radius 3 is 2.50 bits per heavy atom. The zero-order valence-corrected chi connectivity index (χ0v) is 11.9. The number of hydrogen-bond donors (Lipinski definition) is 1. The first-order valence-corrected chi connectivity index (χ1v) is 7.10. The highest BCUT2D eigenvalue weighted by atomic mass is 15.0. The molecule has 0 bridgehead atoms. The molecule has 0 heterocycles. The Morgan fingerprint density at radius 2 is 1.89 bits per heavy atom. The van der Waals surface area contributed by atoms with E-state index in [1.54, 1.807) is 0 Å². The molecule has 1 aromatic carbocycles. The van der Waals surface area contributed by atoms with Crippen LogP contribution in [0.5, 0.6) is 0 Å². The number of hydrogen-bond acceptors (Lipinski definition) is 2. The molecular formula is C16H26N2. The van der Waals surface area contributed by atoms with E-state index >= 15 is 0 Å². The molecule has 0 aliphatic heterocycles. The first kappa shape index (κ1) is 13.6. The lowest BCUT2D eigenvalue weighted by atomic mass is 10.1. The molecular weight excluding hydrogens is 220 g/mol. The second kappa shape index (κ2) is 6.35. The van der Waals surface area contributed by atoms with E-state index in [1.807, 2.05) is 0 Å². The standard InChI is InChI=1S/C16H26N2/c1-13(10-14-8-9-14)17-11-15-6-4-5-7-16(15)12-18(2)3/h4-7,13-14,17H,8-12H2,1-3H3. The van der Waals surface area contributed by atoms with Crippen molar-refractivity contribution in [2.75, 3.05) is 14.1 Å². The summed E-state index contributed by atoms with van der Waals surface area (Å²) in [5.41, 5.74) is 2.88. The predicted molar refractivity (Wildman–Crippen MR) is 77.5 cm³/mol. The molecule has 0 amide bonds. The lowest BCUT2D eigenvalue weighted by Crippen LogP contribution is -2.26. The van der Waals surface area contributed by atoms with E-state index < -0.39 is 0 Å². The number of nitrogens with zero attached hydrogens (tertiary/aromatic N) is 1. The van der Waals surface area contributed by atoms with Crippen molar-refractivity contribution in [1.29, 1.82) is 0 Å². The molecule has 100 valence electrons. The van der Waals surface area contributed by atoms with Gasteiger partial charge in [-0.15, -0.1) is 0 Å². The quantitative estimate of drug-likeness (QED) is 0.795. The smallest absolute Gasteiger partial charge is 0.0230 e. The minimum atomic E-state index is 0.643. The van der Waals surface area contributed by atoms with Crippen molar-refractivity contribution >= 4 is 0 Å². The van der Waals surface area contributed by atoms with E-state index in [0.29, 0.717) is 6.04 Å². The molecule has 1 aromatic rings. The summed E-state index contributed by atoms with van der Waals surface area (Å²) in [7, 11) is 4.25. The average Bonchev–Trinajstić information content (AvgIpc) is 3.11. The van der Waals surface area contributed by atoms with Gasteiger partial charge in [0.1, 0.15) is 0 Å². The topological polar surface area (TPSA) is 15.3 Å². The third-order valence-corrected chi connectivity index (χ3v) is 3.63. The van der Waals surface area contributed by atoms with Gasteiger partial charge in [0.25, 0.3) is 0 Å². The zero-order chi connectivity index (χ0) is 13.0. The first-order valence-electron chi connectivity index (χ1n) is 7.10. The molecule has 0 spiro atoms. The molecule has 18 heavy (non-hydrogen) atoms. The van der Waals surface area contributed by atoms with Crippen molar-refractivity contribution < 1.29 is 0 Å². The van der Waals surface area contributed by atoms with Gasteiger partial charge in [0.2, 0.25) is 0 Å². The minimum Gasteiger partial charge on any atom is -0.310 e. The molecule has 1 atom stereocenters. The maximum absolute atomic E-state index is 3.67. The first-order chi connectivity index (χ1) is 8.65. The second-order valence-electron chi connectivity index (χ2n) is 5.97. The van der Waals surface area contributed by atoms with Crippen molar-refractivity contribution in [2.45, 2.75) is 45.3 Å². The molecule has 2 rings (SSSR count). The maximum atomic E-state index is 3.67. The molecule has 0 saturated heterocycles. The van der Waals surface area contributed by atoms with Crippen LogP contribution in [-0.2, 0) is 13.1 Å². The van der Waals surface area contributed by atoms with Gasteiger partial charge in [-0.3, -0.25) is 0 Å². The van der Waals surface area contributed by atoms with E-state index in [2.05, 4.69) is 55.5 Å². The van der Waals surface area contributed by atoms with Gasteiger partial charge >= 0.3 is 0 Å². The Morgan fingerprint density at radius 1 is 1.22 bits per heavy atom. The summed E-state index contributed by atoms with van der Waals surface area (Å²) in [4.78, 5) is 2.23. The third-order valence-electron chi connectivity index (χ3n) is 3.63. The van der Waals surface area contributed by atoms with Gasteiger partial charge in [-0.2, -0.15) is 0 Å². The highest BCUT2D eigenvalue weighted by molar-refractivity contribution is 5.26. The van der Waals surface area contributed by atoms with Crippen LogP contribution in [0, 0.1) is 5.92 Å². The summed E-state index contributed by atoms with van der Waals surface area (Å²) >= 11 is 0. The van der Waals surface area contributed by atoms with Crippen molar-refractivity contribution in [1.82, 2.24) is 10.2 Å². The van der Waals surface area contributed by atoms with Crippen LogP contribution >= 0.6 is 0 Å². The molecule has 1 unspecified atom stereocenters. The van der Waals surface area contributed by atoms with E-state index in [1.165, 1.54) is 30.4 Å². The van der Waals surface area contributed by atoms with Gasteiger partial charge in [0.05, 0.1) is 0 Å². The maximum Gasteiger partial charge on any atom is 0.0230 e. The van der Waals surface area contributed by atoms with Crippen LogP contribution in [0.3, 0.4) is 0 Å². The molecule has 1 fully saturated rings. The normalized spacial score (nSPS) is 17.1. The van der Waals surface area contributed by atoms with E-state index in [-0.39, 0.29) is 0 Å². The summed E-state index contributed by atoms with van der Waals surface area (Å²) in [5.74, 6) is 1.00. The molecule has 1 aliphatic carbocycles. The van der Waals surface area contributed by atoms with Crippen LogP contribution in [0.1, 0.15) is 37.3 Å². The molecule has 2 nitrogen and oxygen atoms in total. The minimum absolute atomic E-state index is 0.643. The molecule has 0 aromatic heterocycles. The van der Waals surface area contributed by atoms with Crippen molar-refractivity contribution in [3.63, 3.8) is 0 Å². The second-order valence-corrected chi connectivity index (χ2v) is 5.97. The lowest BCUT2D eigenvalue weighted by molar-refractivity contribution is 0.399. The van der Waals surface area contributed by atoms with E-state index in [4.69, 9.17) is 0 Å². The Balaban J connectivity index is 1.86. The van der Waals surface area contributed by atoms with Crippen LogP contribution in [0.25, 0.3) is 0 Å². The van der Waals surface area contributed by atoms with Gasteiger partial charge in [0, 0.05) is 19.1 Å². The van der Waals surface area contributed by atoms with Crippen molar-refractivity contribution in [3.8, 4) is 0 Å². The molecule has 2 heteroatoms. The summed E-state index contributed by atoms with van der Waals surface area (Å²) in [5, 5.41) is 3.67. The molecule has 1 N–H and O–H groups in total. The number of benzene rings is 1. The summed E-state index contributed by atoms with van der Waals surface area (Å²) < 4.78 is 0. The summed E-state index contributed by atoms with van der Waals surface area (Å²) in [6.45, 7) is 4.33. The predicted octanol–water partition coefficient (Wildman–Crippen LogP) is 3.03. The number of rotatable bonds is 7. The number of nitrogens with one attached hydrogen (secondary N) is 1. The van der Waals surface area contributed by atoms with E-state index in [9.17, 15) is 0 Å². The Kier molecular flexibility index (Phi) is 4.79. The van der Waals surface area contributed by atoms with Gasteiger partial charge in [0.15, 0.2) is 0 Å². The average molecular weight is 246 g/mol. The van der Waals surface area contributed by atoms with Crippen LogP contribution in [0.4, 0.5) is 0 Å². The molecule has 0 radical (unpaired) electrons. The highest BCUT2D eigenvalue weighted by Crippen LogP contribution is 2.33. The largest absolute Gasteiger partial charge is 0.310 e. The fraction of sp³-hybridized carbons (Fsp3) is 0.625. The summed E-state index contributed by atoms with van der Waals surface area (Å²) in [6.07, 6.45) is 4.24. The fourth-order valence-electron chi connectivity index (χ4n) is 2.45. The summed E-state index contributed by atoms with van der Waals surface area (Å²) in [6, 6.07) is 9.40. The molecule has 1 aliphatic rings. The van der Waals surface area contributed by atoms with Gasteiger partial charge in [-0.25, -0.2) is 0 Å². The monoisotopic (exact) mass is 246 g/mol. The zero-order valence-electron chi connectivity index (χ0n) is 11.9. The Hall–Kier alpha value is -0.860. The Bertz CT molecular complexity index is 369. The van der Waals surface area contributed by atoms with Crippen molar-refractivity contribution in [2.24, 2.45) is 5.92 Å². The van der Waals surface area contributed by atoms with E-state index in [0.717, 1.165) is 19.0 Å². The van der Waals surface area contributed by atoms with Crippen LogP contribution in [-0.4, -0.2) is 25.0 Å². The van der Waals surface area contributed by atoms with Gasteiger partial charge in [-0.1, -0.05) is 37.1 Å². The van der Waals surface area contributed by atoms with Crippen LogP contribution < -0.4 is 5.32 Å². The van der Waals surface area contributed by atoms with Crippen molar-refractivity contribution in [3.05, 3.63) is 35.4 Å². The highest BCUT2D eigenvalue weighted by Gasteiger charge is 2.23. The lowest BCUT2D eigenvalue weighted by Gasteiger charge is -2.17. The third kappa shape index (κ3) is 4.43. The fourth-order valence-corrected chi connectivity index (χ4v) is 2.45. The molecule has 1 saturated carbocycles. The van der Waals surface area contributed by atoms with Gasteiger partial charge in [-0.05, 0) is 44.5 Å². The van der Waals surface area contributed by atoms with Gasteiger partial charge < -0.3 is 10.2 Å². The van der Waals surface area contributed by atoms with Crippen LogP contribution in [0.15, 0.2) is 24.3 Å². The Labute approximate surface area is 111 Å². The van der Waals surface area contributed by atoms with Crippen LogP contribution in [0.2, 0.25) is 0 Å². The SMILES string of the molecule is CC(CC1CC1)NCc1ccccc1CN(C)C.